The van der Waals surface area contributed by atoms with E-state index in [1.54, 1.807) is 18.2 Å². The van der Waals surface area contributed by atoms with E-state index >= 15 is 0 Å². The molecule has 0 spiro atoms. The second-order valence-electron chi connectivity index (χ2n) is 3.71. The summed E-state index contributed by atoms with van der Waals surface area (Å²) in [4.78, 5) is 10.5. The second-order valence-corrected chi connectivity index (χ2v) is 4.55. The average Bonchev–Trinajstić information content (AvgIpc) is 2.15. The Balaban J connectivity index is 2.51. The van der Waals surface area contributed by atoms with Gasteiger partial charge in [0.1, 0.15) is 0 Å². The first-order chi connectivity index (χ1) is 7.49. The Hall–Kier alpha value is -0.930. The van der Waals surface area contributed by atoms with Crippen molar-refractivity contribution in [2.24, 2.45) is 5.92 Å². The normalized spacial score (nSPS) is 12.2. The zero-order valence-corrected chi connectivity index (χ0v) is 10.3. The first kappa shape index (κ1) is 13.1. The molecule has 1 aromatic rings. The molecule has 1 unspecified atom stereocenters. The van der Waals surface area contributed by atoms with Gasteiger partial charge < -0.3 is 10.4 Å². The number of hydrogen-bond acceptors (Lipinski definition) is 2. The fraction of sp³-hybridized carbons (Fsp3) is 0.364. The number of benzene rings is 1. The molecular weight excluding hydrogens is 249 g/mol. The Morgan fingerprint density at radius 3 is 2.75 bits per heavy atom. The van der Waals surface area contributed by atoms with Gasteiger partial charge in [0.25, 0.3) is 0 Å². The molecule has 0 heterocycles. The van der Waals surface area contributed by atoms with E-state index in [4.69, 9.17) is 28.3 Å². The van der Waals surface area contributed by atoms with Crippen molar-refractivity contribution in [3.8, 4) is 0 Å². The van der Waals surface area contributed by atoms with Crippen LogP contribution in [0.3, 0.4) is 0 Å². The molecule has 0 fully saturated rings. The number of carbonyl (C=O) groups is 1. The van der Waals surface area contributed by atoms with Crippen LogP contribution in [0.1, 0.15) is 13.3 Å². The number of nitrogens with one attached hydrogen (secondary N) is 1. The van der Waals surface area contributed by atoms with Gasteiger partial charge in [0.15, 0.2) is 0 Å². The van der Waals surface area contributed by atoms with Crippen LogP contribution in [0, 0.1) is 5.92 Å². The van der Waals surface area contributed by atoms with E-state index < -0.39 is 5.97 Å². The van der Waals surface area contributed by atoms with Crippen molar-refractivity contribution in [3.05, 3.63) is 28.2 Å². The summed E-state index contributed by atoms with van der Waals surface area (Å²) in [5.41, 5.74) is 0.767. The van der Waals surface area contributed by atoms with Gasteiger partial charge in [-0.25, -0.2) is 0 Å². The second kappa shape index (κ2) is 5.97. The minimum Gasteiger partial charge on any atom is -0.481 e. The molecule has 0 saturated carbocycles. The van der Waals surface area contributed by atoms with Crippen LogP contribution in [0.4, 0.5) is 5.69 Å². The number of halogens is 2. The number of anilines is 1. The molecule has 1 rings (SSSR count). The van der Waals surface area contributed by atoms with Gasteiger partial charge >= 0.3 is 5.97 Å². The summed E-state index contributed by atoms with van der Waals surface area (Å²) in [5.74, 6) is -0.749. The third kappa shape index (κ3) is 4.29. The molecule has 3 nitrogen and oxygen atoms in total. The van der Waals surface area contributed by atoms with E-state index in [1.165, 1.54) is 0 Å². The zero-order valence-electron chi connectivity index (χ0n) is 8.84. The lowest BCUT2D eigenvalue weighted by atomic mass is 10.1. The molecular formula is C11H13Cl2NO2. The first-order valence-electron chi connectivity index (χ1n) is 4.89. The molecule has 1 atom stereocenters. The number of aliphatic carboxylic acids is 1. The van der Waals surface area contributed by atoms with Crippen molar-refractivity contribution in [1.29, 1.82) is 0 Å². The predicted molar refractivity (Wildman–Crippen MR) is 66.4 cm³/mol. The molecule has 0 radical (unpaired) electrons. The quantitative estimate of drug-likeness (QED) is 0.853. The van der Waals surface area contributed by atoms with E-state index in [0.717, 1.165) is 5.69 Å². The molecule has 16 heavy (non-hydrogen) atoms. The minimum atomic E-state index is -0.795. The first-order valence-corrected chi connectivity index (χ1v) is 5.65. The number of carboxylic acids is 1. The number of carboxylic acid groups (broad SMARTS) is 1. The van der Waals surface area contributed by atoms with Crippen LogP contribution in [0.2, 0.25) is 10.0 Å². The summed E-state index contributed by atoms with van der Waals surface area (Å²) in [6.45, 7) is 2.43. The van der Waals surface area contributed by atoms with Crippen LogP contribution in [0.5, 0.6) is 0 Å². The predicted octanol–water partition coefficient (Wildman–Crippen LogP) is 3.52. The third-order valence-corrected chi connectivity index (χ3v) is 2.64. The van der Waals surface area contributed by atoms with Crippen molar-refractivity contribution in [1.82, 2.24) is 0 Å². The SMILES string of the molecule is CC(CNc1ccc(Cl)cc1Cl)CC(=O)O. The summed E-state index contributed by atoms with van der Waals surface area (Å²) in [7, 11) is 0. The Kier molecular flexibility index (Phi) is 4.90. The monoisotopic (exact) mass is 261 g/mol. The molecule has 0 aliphatic heterocycles. The van der Waals surface area contributed by atoms with Crippen LogP contribution in [0.15, 0.2) is 18.2 Å². The van der Waals surface area contributed by atoms with E-state index in [-0.39, 0.29) is 12.3 Å². The van der Waals surface area contributed by atoms with Gasteiger partial charge in [-0.2, -0.15) is 0 Å². The molecule has 0 aromatic heterocycles. The van der Waals surface area contributed by atoms with Gasteiger partial charge in [-0.3, -0.25) is 4.79 Å². The minimum absolute atomic E-state index is 0.0456. The fourth-order valence-electron chi connectivity index (χ4n) is 1.29. The maximum Gasteiger partial charge on any atom is 0.303 e. The molecule has 0 bridgehead atoms. The van der Waals surface area contributed by atoms with Crippen molar-refractivity contribution in [2.45, 2.75) is 13.3 Å². The molecule has 2 N–H and O–H groups in total. The van der Waals surface area contributed by atoms with Gasteiger partial charge in [0, 0.05) is 18.0 Å². The Bertz CT molecular complexity index is 382. The molecule has 1 aromatic carbocycles. The van der Waals surface area contributed by atoms with Crippen molar-refractivity contribution >= 4 is 34.9 Å². The van der Waals surface area contributed by atoms with E-state index in [0.29, 0.717) is 16.6 Å². The van der Waals surface area contributed by atoms with Gasteiger partial charge in [-0.1, -0.05) is 30.1 Å². The maximum absolute atomic E-state index is 10.5. The van der Waals surface area contributed by atoms with Gasteiger partial charge in [-0.05, 0) is 24.1 Å². The van der Waals surface area contributed by atoms with Crippen LogP contribution in [0.25, 0.3) is 0 Å². The van der Waals surface area contributed by atoms with Gasteiger partial charge in [-0.15, -0.1) is 0 Å². The highest BCUT2D eigenvalue weighted by atomic mass is 35.5. The largest absolute Gasteiger partial charge is 0.481 e. The highest BCUT2D eigenvalue weighted by molar-refractivity contribution is 6.36. The standard InChI is InChI=1S/C11H13Cl2NO2/c1-7(4-11(15)16)6-14-10-3-2-8(12)5-9(10)13/h2-3,5,7,14H,4,6H2,1H3,(H,15,16). The summed E-state index contributed by atoms with van der Waals surface area (Å²) >= 11 is 11.7. The molecule has 0 aliphatic rings. The molecule has 0 aliphatic carbocycles. The van der Waals surface area contributed by atoms with Crippen molar-refractivity contribution < 1.29 is 9.90 Å². The molecule has 88 valence electrons. The van der Waals surface area contributed by atoms with Crippen LogP contribution in [-0.2, 0) is 4.79 Å². The Labute approximate surface area is 104 Å². The topological polar surface area (TPSA) is 49.3 Å². The molecule has 0 amide bonds. The van der Waals surface area contributed by atoms with Crippen molar-refractivity contribution in [2.75, 3.05) is 11.9 Å². The van der Waals surface area contributed by atoms with E-state index in [9.17, 15) is 4.79 Å². The maximum atomic E-state index is 10.5. The Morgan fingerprint density at radius 2 is 2.19 bits per heavy atom. The van der Waals surface area contributed by atoms with Gasteiger partial charge in [0.2, 0.25) is 0 Å². The lowest BCUT2D eigenvalue weighted by molar-refractivity contribution is -0.137. The highest BCUT2D eigenvalue weighted by Gasteiger charge is 2.08. The summed E-state index contributed by atoms with van der Waals surface area (Å²) in [5, 5.41) is 12.8. The van der Waals surface area contributed by atoms with Crippen LogP contribution >= 0.6 is 23.2 Å². The van der Waals surface area contributed by atoms with E-state index in [1.807, 2.05) is 6.92 Å². The van der Waals surface area contributed by atoms with Crippen LogP contribution in [-0.4, -0.2) is 17.6 Å². The highest BCUT2D eigenvalue weighted by Crippen LogP contribution is 2.25. The van der Waals surface area contributed by atoms with Crippen LogP contribution < -0.4 is 5.32 Å². The average molecular weight is 262 g/mol. The summed E-state index contributed by atoms with van der Waals surface area (Å²) in [6.07, 6.45) is 0.137. The fourth-order valence-corrected chi connectivity index (χ4v) is 1.76. The summed E-state index contributed by atoms with van der Waals surface area (Å²) < 4.78 is 0. The third-order valence-electron chi connectivity index (χ3n) is 2.10. The smallest absolute Gasteiger partial charge is 0.303 e. The number of rotatable bonds is 5. The lowest BCUT2D eigenvalue weighted by Crippen LogP contribution is -2.15. The van der Waals surface area contributed by atoms with E-state index in [2.05, 4.69) is 5.32 Å². The summed E-state index contributed by atoms with van der Waals surface area (Å²) in [6, 6.07) is 5.16. The van der Waals surface area contributed by atoms with Crippen molar-refractivity contribution in [3.63, 3.8) is 0 Å². The molecule has 5 heteroatoms. The zero-order chi connectivity index (χ0) is 12.1. The molecule has 0 saturated heterocycles. The van der Waals surface area contributed by atoms with Gasteiger partial charge in [0.05, 0.1) is 10.7 Å². The number of hydrogen-bond donors (Lipinski definition) is 2. The lowest BCUT2D eigenvalue weighted by Gasteiger charge is -2.12. The Morgan fingerprint density at radius 1 is 1.50 bits per heavy atom.